The van der Waals surface area contributed by atoms with Gasteiger partial charge in [0.1, 0.15) is 17.0 Å². The number of halogens is 1. The van der Waals surface area contributed by atoms with Crippen LogP contribution in [-0.2, 0) is 9.59 Å². The Bertz CT molecular complexity index is 870. The number of hydrogen-bond acceptors (Lipinski definition) is 4. The van der Waals surface area contributed by atoms with E-state index in [1.54, 1.807) is 6.92 Å². The number of carboxylic acid groups (broad SMARTS) is 1. The zero-order valence-corrected chi connectivity index (χ0v) is 13.3. The van der Waals surface area contributed by atoms with E-state index in [1.807, 2.05) is 0 Å². The number of carboxylic acids is 1. The minimum atomic E-state index is -1.41. The van der Waals surface area contributed by atoms with Gasteiger partial charge in [-0.3, -0.25) is 14.4 Å². The van der Waals surface area contributed by atoms with E-state index in [2.05, 4.69) is 10.6 Å². The van der Waals surface area contributed by atoms with Crippen LogP contribution in [0.4, 0.5) is 15.8 Å². The topological polar surface area (TPSA) is 109 Å². The minimum Gasteiger partial charge on any atom is -0.480 e. The zero-order valence-electron chi connectivity index (χ0n) is 13.3. The molecule has 25 heavy (non-hydrogen) atoms. The molecular formula is C17H15FN2O5. The van der Waals surface area contributed by atoms with E-state index in [-0.39, 0.29) is 29.8 Å². The van der Waals surface area contributed by atoms with Gasteiger partial charge in [0.25, 0.3) is 5.91 Å². The summed E-state index contributed by atoms with van der Waals surface area (Å²) < 4.78 is 19.0. The zero-order chi connectivity index (χ0) is 18.2. The molecule has 8 heteroatoms. The van der Waals surface area contributed by atoms with Crippen molar-refractivity contribution in [2.45, 2.75) is 19.8 Å². The maximum atomic E-state index is 13.9. The molecule has 3 N–H and O–H groups in total. The highest BCUT2D eigenvalue weighted by atomic mass is 19.1. The molecule has 1 aliphatic carbocycles. The smallest absolute Gasteiger partial charge is 0.319 e. The lowest BCUT2D eigenvalue weighted by Crippen LogP contribution is -2.31. The van der Waals surface area contributed by atoms with Crippen LogP contribution in [0.1, 0.15) is 29.0 Å². The highest BCUT2D eigenvalue weighted by molar-refractivity contribution is 6.11. The molecule has 1 aliphatic rings. The van der Waals surface area contributed by atoms with Crippen LogP contribution in [0, 0.1) is 18.2 Å². The fourth-order valence-corrected chi connectivity index (χ4v) is 2.42. The van der Waals surface area contributed by atoms with Crippen molar-refractivity contribution in [3.8, 4) is 0 Å². The van der Waals surface area contributed by atoms with Crippen molar-refractivity contribution < 1.29 is 28.3 Å². The fraction of sp³-hybridized carbons (Fsp3) is 0.235. The van der Waals surface area contributed by atoms with Crippen molar-refractivity contribution in [2.24, 2.45) is 5.41 Å². The maximum Gasteiger partial charge on any atom is 0.319 e. The van der Waals surface area contributed by atoms with Gasteiger partial charge in [-0.15, -0.1) is 0 Å². The molecule has 0 atom stereocenters. The molecule has 0 aliphatic heterocycles. The first-order chi connectivity index (χ1) is 11.8. The van der Waals surface area contributed by atoms with Crippen LogP contribution in [0.25, 0.3) is 0 Å². The molecule has 0 unspecified atom stereocenters. The van der Waals surface area contributed by atoms with Crippen LogP contribution in [0.2, 0.25) is 0 Å². The Morgan fingerprint density at radius 3 is 2.48 bits per heavy atom. The summed E-state index contributed by atoms with van der Waals surface area (Å²) >= 11 is 0. The van der Waals surface area contributed by atoms with Crippen molar-refractivity contribution in [2.75, 3.05) is 10.6 Å². The van der Waals surface area contributed by atoms with Gasteiger partial charge in [0.15, 0.2) is 0 Å². The van der Waals surface area contributed by atoms with Crippen molar-refractivity contribution in [3.63, 3.8) is 0 Å². The van der Waals surface area contributed by atoms with Crippen LogP contribution in [0.5, 0.6) is 0 Å². The van der Waals surface area contributed by atoms with Gasteiger partial charge in [-0.1, -0.05) is 0 Å². The molecule has 0 saturated heterocycles. The van der Waals surface area contributed by atoms with E-state index in [9.17, 15) is 18.8 Å². The predicted molar refractivity (Wildman–Crippen MR) is 85.7 cm³/mol. The van der Waals surface area contributed by atoms with Crippen LogP contribution < -0.4 is 10.6 Å². The minimum absolute atomic E-state index is 0.136. The molecule has 2 amide bonds. The van der Waals surface area contributed by atoms with Crippen molar-refractivity contribution in [1.29, 1.82) is 0 Å². The van der Waals surface area contributed by atoms with Gasteiger partial charge in [-0.2, -0.15) is 0 Å². The number of aryl methyl sites for hydroxylation is 1. The van der Waals surface area contributed by atoms with Crippen molar-refractivity contribution in [1.82, 2.24) is 0 Å². The Morgan fingerprint density at radius 1 is 1.20 bits per heavy atom. The number of hydrogen-bond donors (Lipinski definition) is 3. The first-order valence-electron chi connectivity index (χ1n) is 7.53. The highest BCUT2D eigenvalue weighted by Gasteiger charge is 2.57. The number of nitrogens with one attached hydrogen (secondary N) is 2. The summed E-state index contributed by atoms with van der Waals surface area (Å²) in [4.78, 5) is 35.4. The Morgan fingerprint density at radius 2 is 1.92 bits per heavy atom. The van der Waals surface area contributed by atoms with Gasteiger partial charge in [0.05, 0.1) is 17.5 Å². The number of rotatable bonds is 5. The van der Waals surface area contributed by atoms with E-state index < -0.39 is 29.0 Å². The van der Waals surface area contributed by atoms with Gasteiger partial charge in [0, 0.05) is 5.69 Å². The standard InChI is InChI=1S/C17H15FN2O5/c1-9-11(4-7-25-9)14(21)20-13-8-10(2-3-12(13)18)19-15(22)17(5-6-17)16(23)24/h2-4,7-8H,5-6H2,1H3,(H,19,22)(H,20,21)(H,23,24). The molecule has 7 nitrogen and oxygen atoms in total. The number of amides is 2. The Balaban J connectivity index is 1.77. The third kappa shape index (κ3) is 3.10. The predicted octanol–water partition coefficient (Wildman–Crippen LogP) is 2.78. The first kappa shape index (κ1) is 16.7. The molecule has 1 fully saturated rings. The van der Waals surface area contributed by atoms with Crippen molar-refractivity contribution in [3.05, 3.63) is 47.7 Å². The summed E-state index contributed by atoms with van der Waals surface area (Å²) in [5.41, 5.74) is -1.09. The number of aliphatic carboxylic acids is 1. The van der Waals surface area contributed by atoms with Crippen LogP contribution in [-0.4, -0.2) is 22.9 Å². The summed E-state index contributed by atoms with van der Waals surface area (Å²) in [6.07, 6.45) is 1.87. The lowest BCUT2D eigenvalue weighted by atomic mass is 10.1. The van der Waals surface area contributed by atoms with Crippen LogP contribution in [0.3, 0.4) is 0 Å². The Hall–Kier alpha value is -3.16. The summed E-state index contributed by atoms with van der Waals surface area (Å²) in [5.74, 6) is -2.70. The second-order valence-corrected chi connectivity index (χ2v) is 5.88. The quantitative estimate of drug-likeness (QED) is 0.721. The number of benzene rings is 1. The van der Waals surface area contributed by atoms with Gasteiger partial charge in [-0.05, 0) is 44.0 Å². The summed E-state index contributed by atoms with van der Waals surface area (Å²) in [7, 11) is 0. The van der Waals surface area contributed by atoms with Crippen LogP contribution >= 0.6 is 0 Å². The van der Waals surface area contributed by atoms with Gasteiger partial charge >= 0.3 is 5.97 Å². The third-order valence-corrected chi connectivity index (χ3v) is 4.17. The molecule has 0 spiro atoms. The average Bonchev–Trinajstić information content (AvgIpc) is 3.27. The Kier molecular flexibility index (Phi) is 4.03. The molecule has 1 heterocycles. The molecule has 1 aromatic heterocycles. The summed E-state index contributed by atoms with van der Waals surface area (Å²) in [6.45, 7) is 1.60. The van der Waals surface area contributed by atoms with E-state index >= 15 is 0 Å². The van der Waals surface area contributed by atoms with Crippen molar-refractivity contribution >= 4 is 29.2 Å². The fourth-order valence-electron chi connectivity index (χ4n) is 2.42. The average molecular weight is 346 g/mol. The number of furan rings is 1. The molecule has 3 rings (SSSR count). The normalized spacial score (nSPS) is 14.6. The van der Waals surface area contributed by atoms with E-state index in [0.717, 1.165) is 6.07 Å². The second-order valence-electron chi connectivity index (χ2n) is 5.88. The molecule has 0 bridgehead atoms. The highest BCUT2D eigenvalue weighted by Crippen LogP contribution is 2.46. The van der Waals surface area contributed by atoms with Gasteiger partial charge < -0.3 is 20.2 Å². The maximum absolute atomic E-state index is 13.9. The molecule has 0 radical (unpaired) electrons. The van der Waals surface area contributed by atoms with Gasteiger partial charge in [0.2, 0.25) is 5.91 Å². The lowest BCUT2D eigenvalue weighted by Gasteiger charge is -2.12. The monoisotopic (exact) mass is 346 g/mol. The molecule has 1 saturated carbocycles. The lowest BCUT2D eigenvalue weighted by molar-refractivity contribution is -0.147. The molecule has 1 aromatic carbocycles. The van der Waals surface area contributed by atoms with Crippen LogP contribution in [0.15, 0.2) is 34.9 Å². The van der Waals surface area contributed by atoms with E-state index in [4.69, 9.17) is 9.52 Å². The number of carbonyl (C=O) groups is 3. The summed E-state index contributed by atoms with van der Waals surface area (Å²) in [6, 6.07) is 5.06. The Labute approximate surface area is 141 Å². The van der Waals surface area contributed by atoms with E-state index in [0.29, 0.717) is 5.76 Å². The van der Waals surface area contributed by atoms with E-state index in [1.165, 1.54) is 24.5 Å². The SMILES string of the molecule is Cc1occc1C(=O)Nc1cc(NC(=O)C2(C(=O)O)CC2)ccc1F. The number of anilines is 2. The molecular weight excluding hydrogens is 331 g/mol. The molecule has 2 aromatic rings. The number of carbonyl (C=O) groups excluding carboxylic acids is 2. The second kappa shape index (κ2) is 6.04. The largest absolute Gasteiger partial charge is 0.480 e. The summed E-state index contributed by atoms with van der Waals surface area (Å²) in [5, 5.41) is 14.0. The first-order valence-corrected chi connectivity index (χ1v) is 7.53. The molecule has 130 valence electrons. The van der Waals surface area contributed by atoms with Gasteiger partial charge in [-0.25, -0.2) is 4.39 Å². The third-order valence-electron chi connectivity index (χ3n) is 4.17.